The van der Waals surface area contributed by atoms with Gasteiger partial charge in [0.25, 0.3) is 0 Å². The average Bonchev–Trinajstić information content (AvgIpc) is 2.59. The fourth-order valence-electron chi connectivity index (χ4n) is 2.67. The second-order valence-corrected chi connectivity index (χ2v) is 8.46. The molecule has 0 atom stereocenters. The van der Waals surface area contributed by atoms with E-state index in [2.05, 4.69) is 25.8 Å². The molecule has 0 bridgehead atoms. The highest BCUT2D eigenvalue weighted by molar-refractivity contribution is 9.10. The average molecular weight is 414 g/mol. The Labute approximate surface area is 149 Å². The first-order chi connectivity index (χ1) is 11.5. The molecule has 8 heteroatoms. The number of hydrogen-bond donors (Lipinski definition) is 0. The SMILES string of the molecule is O=S(=O)(c1cccnc1)N1CCN(Cc2ccc(Br)cc2F)CC1. The molecular weight excluding hydrogens is 397 g/mol. The smallest absolute Gasteiger partial charge is 0.244 e. The van der Waals surface area contributed by atoms with Gasteiger partial charge >= 0.3 is 0 Å². The highest BCUT2D eigenvalue weighted by Gasteiger charge is 2.28. The number of pyridine rings is 1. The molecule has 1 aromatic carbocycles. The summed E-state index contributed by atoms with van der Waals surface area (Å²) >= 11 is 3.24. The van der Waals surface area contributed by atoms with Crippen LogP contribution in [0, 0.1) is 5.82 Å². The fourth-order valence-corrected chi connectivity index (χ4v) is 4.39. The number of aromatic nitrogens is 1. The number of benzene rings is 1. The Morgan fingerprint density at radius 1 is 1.17 bits per heavy atom. The fraction of sp³-hybridized carbons (Fsp3) is 0.312. The summed E-state index contributed by atoms with van der Waals surface area (Å²) in [5, 5.41) is 0. The third-order valence-electron chi connectivity index (χ3n) is 4.01. The third kappa shape index (κ3) is 3.83. The zero-order chi connectivity index (χ0) is 17.2. The zero-order valence-electron chi connectivity index (χ0n) is 12.9. The second-order valence-electron chi connectivity index (χ2n) is 5.60. The van der Waals surface area contributed by atoms with E-state index in [-0.39, 0.29) is 10.7 Å². The maximum absolute atomic E-state index is 13.9. The van der Waals surface area contributed by atoms with Crippen molar-refractivity contribution in [2.75, 3.05) is 26.2 Å². The summed E-state index contributed by atoms with van der Waals surface area (Å²) in [6.45, 7) is 2.37. The summed E-state index contributed by atoms with van der Waals surface area (Å²) in [5.41, 5.74) is 0.613. The van der Waals surface area contributed by atoms with Gasteiger partial charge in [0, 0.05) is 55.2 Å². The number of piperazine rings is 1. The molecule has 1 saturated heterocycles. The van der Waals surface area contributed by atoms with Crippen molar-refractivity contribution in [2.24, 2.45) is 0 Å². The molecule has 1 aromatic heterocycles. The minimum absolute atomic E-state index is 0.206. The van der Waals surface area contributed by atoms with Crippen LogP contribution in [0.25, 0.3) is 0 Å². The lowest BCUT2D eigenvalue weighted by atomic mass is 10.2. The van der Waals surface area contributed by atoms with Crippen molar-refractivity contribution in [1.29, 1.82) is 0 Å². The predicted molar refractivity (Wildman–Crippen MR) is 92.4 cm³/mol. The van der Waals surface area contributed by atoms with Crippen molar-refractivity contribution in [2.45, 2.75) is 11.4 Å². The van der Waals surface area contributed by atoms with Gasteiger partial charge < -0.3 is 0 Å². The van der Waals surface area contributed by atoms with Gasteiger partial charge in [-0.15, -0.1) is 0 Å². The molecule has 2 aromatic rings. The van der Waals surface area contributed by atoms with Crippen LogP contribution >= 0.6 is 15.9 Å². The predicted octanol–water partition coefficient (Wildman–Crippen LogP) is 2.49. The third-order valence-corrected chi connectivity index (χ3v) is 6.39. The van der Waals surface area contributed by atoms with Crippen LogP contribution in [-0.4, -0.2) is 48.8 Å². The van der Waals surface area contributed by atoms with Gasteiger partial charge in [-0.05, 0) is 24.3 Å². The van der Waals surface area contributed by atoms with Crippen LogP contribution in [0.15, 0.2) is 52.1 Å². The summed E-state index contributed by atoms with van der Waals surface area (Å²) in [5.74, 6) is -0.255. The lowest BCUT2D eigenvalue weighted by molar-refractivity contribution is 0.180. The molecule has 0 radical (unpaired) electrons. The monoisotopic (exact) mass is 413 g/mol. The van der Waals surface area contributed by atoms with Crippen molar-refractivity contribution < 1.29 is 12.8 Å². The number of halogens is 2. The van der Waals surface area contributed by atoms with E-state index in [9.17, 15) is 12.8 Å². The second kappa shape index (κ2) is 7.26. The standard InChI is InChI=1S/C16H17BrFN3O2S/c17-14-4-3-13(16(18)10-14)12-20-6-8-21(9-7-20)24(22,23)15-2-1-5-19-11-15/h1-5,10-11H,6-9,12H2. The molecule has 1 fully saturated rings. The lowest BCUT2D eigenvalue weighted by Crippen LogP contribution is -2.48. The van der Waals surface area contributed by atoms with E-state index >= 15 is 0 Å². The molecular formula is C16H17BrFN3O2S. The molecule has 0 spiro atoms. The van der Waals surface area contributed by atoms with Gasteiger partial charge in [0.15, 0.2) is 0 Å². The molecule has 0 aliphatic carbocycles. The molecule has 2 heterocycles. The van der Waals surface area contributed by atoms with Gasteiger partial charge in [-0.1, -0.05) is 22.0 Å². The Hall–Kier alpha value is -1.35. The number of rotatable bonds is 4. The van der Waals surface area contributed by atoms with Gasteiger partial charge in [-0.2, -0.15) is 4.31 Å². The molecule has 1 aliphatic heterocycles. The van der Waals surface area contributed by atoms with E-state index in [1.165, 1.54) is 16.6 Å². The zero-order valence-corrected chi connectivity index (χ0v) is 15.3. The van der Waals surface area contributed by atoms with Crippen LogP contribution in [0.1, 0.15) is 5.56 Å². The van der Waals surface area contributed by atoms with Crippen LogP contribution in [-0.2, 0) is 16.6 Å². The van der Waals surface area contributed by atoms with Crippen molar-refractivity contribution in [3.05, 3.63) is 58.6 Å². The van der Waals surface area contributed by atoms with E-state index in [0.29, 0.717) is 42.8 Å². The minimum atomic E-state index is -3.51. The maximum atomic E-state index is 13.9. The molecule has 0 saturated carbocycles. The van der Waals surface area contributed by atoms with Crippen LogP contribution in [0.4, 0.5) is 4.39 Å². The summed E-state index contributed by atoms with van der Waals surface area (Å²) in [4.78, 5) is 6.13. The first kappa shape index (κ1) is 17.5. The first-order valence-electron chi connectivity index (χ1n) is 7.53. The van der Waals surface area contributed by atoms with Crippen LogP contribution in [0.2, 0.25) is 0 Å². The van der Waals surface area contributed by atoms with Gasteiger partial charge in [0.1, 0.15) is 10.7 Å². The first-order valence-corrected chi connectivity index (χ1v) is 9.76. The minimum Gasteiger partial charge on any atom is -0.296 e. The summed E-state index contributed by atoms with van der Waals surface area (Å²) in [6, 6.07) is 8.16. The van der Waals surface area contributed by atoms with E-state index in [1.54, 1.807) is 24.4 Å². The Bertz CT molecular complexity index is 809. The van der Waals surface area contributed by atoms with E-state index in [4.69, 9.17) is 0 Å². The Balaban J connectivity index is 1.64. The topological polar surface area (TPSA) is 53.5 Å². The highest BCUT2D eigenvalue weighted by Crippen LogP contribution is 2.20. The van der Waals surface area contributed by atoms with Gasteiger partial charge in [-0.25, -0.2) is 12.8 Å². The lowest BCUT2D eigenvalue weighted by Gasteiger charge is -2.34. The molecule has 24 heavy (non-hydrogen) atoms. The number of nitrogens with zero attached hydrogens (tertiary/aromatic N) is 3. The molecule has 1 aliphatic rings. The molecule has 0 N–H and O–H groups in total. The molecule has 3 rings (SSSR count). The normalized spacial score (nSPS) is 17.1. The van der Waals surface area contributed by atoms with Crippen molar-refractivity contribution in [1.82, 2.24) is 14.2 Å². The van der Waals surface area contributed by atoms with E-state index < -0.39 is 10.0 Å². The Morgan fingerprint density at radius 2 is 1.92 bits per heavy atom. The van der Waals surface area contributed by atoms with Crippen molar-refractivity contribution in [3.63, 3.8) is 0 Å². The maximum Gasteiger partial charge on any atom is 0.244 e. The summed E-state index contributed by atoms with van der Waals surface area (Å²) in [6.07, 6.45) is 2.91. The number of sulfonamides is 1. The van der Waals surface area contributed by atoms with Gasteiger partial charge in [0.05, 0.1) is 0 Å². The quantitative estimate of drug-likeness (QED) is 0.772. The van der Waals surface area contributed by atoms with Crippen LogP contribution in [0.5, 0.6) is 0 Å². The van der Waals surface area contributed by atoms with Gasteiger partial charge in [0.2, 0.25) is 10.0 Å². The highest BCUT2D eigenvalue weighted by atomic mass is 79.9. The van der Waals surface area contributed by atoms with E-state index in [1.807, 2.05) is 6.07 Å². The van der Waals surface area contributed by atoms with Crippen molar-refractivity contribution >= 4 is 26.0 Å². The van der Waals surface area contributed by atoms with E-state index in [0.717, 1.165) is 0 Å². The molecule has 0 unspecified atom stereocenters. The number of hydrogen-bond acceptors (Lipinski definition) is 4. The Kier molecular flexibility index (Phi) is 5.29. The van der Waals surface area contributed by atoms with Crippen LogP contribution < -0.4 is 0 Å². The van der Waals surface area contributed by atoms with Gasteiger partial charge in [-0.3, -0.25) is 9.88 Å². The van der Waals surface area contributed by atoms with Crippen LogP contribution in [0.3, 0.4) is 0 Å². The Morgan fingerprint density at radius 3 is 2.54 bits per heavy atom. The molecule has 128 valence electrons. The summed E-state index contributed by atoms with van der Waals surface area (Å²) in [7, 11) is -3.51. The summed E-state index contributed by atoms with van der Waals surface area (Å²) < 4.78 is 41.2. The largest absolute Gasteiger partial charge is 0.296 e. The van der Waals surface area contributed by atoms with Crippen molar-refractivity contribution in [3.8, 4) is 0 Å². The molecule has 0 amide bonds. The molecule has 5 nitrogen and oxygen atoms in total.